The molecule has 3 rings (SSSR count). The Morgan fingerprint density at radius 1 is 1.08 bits per heavy atom. The van der Waals surface area contributed by atoms with Crippen LogP contribution >= 0.6 is 0 Å². The molecule has 2 atom stereocenters. The zero-order valence-corrected chi connectivity index (χ0v) is 14.3. The van der Waals surface area contributed by atoms with Crippen LogP contribution in [0.1, 0.15) is 39.9 Å². The summed E-state index contributed by atoms with van der Waals surface area (Å²) in [5.41, 5.74) is 2.49. The van der Waals surface area contributed by atoms with E-state index in [0.29, 0.717) is 11.3 Å². The molecule has 0 saturated heterocycles. The highest BCUT2D eigenvalue weighted by Crippen LogP contribution is 2.39. The molecule has 5 heteroatoms. The minimum absolute atomic E-state index is 0.136. The van der Waals surface area contributed by atoms with Crippen molar-refractivity contribution in [1.82, 2.24) is 4.98 Å². The number of H-pyrrole nitrogens is 1. The lowest BCUT2D eigenvalue weighted by Crippen LogP contribution is -2.24. The van der Waals surface area contributed by atoms with Crippen LogP contribution in [0.4, 0.5) is 0 Å². The minimum Gasteiger partial charge on any atom is -0.468 e. The molecule has 0 aliphatic heterocycles. The smallest absolute Gasteiger partial charge is 0.315 e. The standard InChI is InChI=1S/C21H19NO4/c1-26-21(25)19(15(11-12-23)14-7-3-2-4-8-14)20-17(13-24)16-9-5-6-10-18(16)22-20/h2-10,12-13,15,19,22H,11H2,1H3. The molecule has 0 radical (unpaired) electrons. The van der Waals surface area contributed by atoms with Gasteiger partial charge in [0.15, 0.2) is 6.29 Å². The number of hydrogen-bond donors (Lipinski definition) is 1. The van der Waals surface area contributed by atoms with E-state index in [9.17, 15) is 14.4 Å². The predicted molar refractivity (Wildman–Crippen MR) is 98.3 cm³/mol. The van der Waals surface area contributed by atoms with Gasteiger partial charge in [-0.15, -0.1) is 0 Å². The summed E-state index contributed by atoms with van der Waals surface area (Å²) in [6.07, 6.45) is 1.67. The van der Waals surface area contributed by atoms with E-state index in [1.807, 2.05) is 54.6 Å². The Bertz CT molecular complexity index is 930. The van der Waals surface area contributed by atoms with Crippen molar-refractivity contribution in [2.45, 2.75) is 18.3 Å². The molecule has 1 N–H and O–H groups in total. The molecular weight excluding hydrogens is 330 g/mol. The Morgan fingerprint density at radius 3 is 2.42 bits per heavy atom. The van der Waals surface area contributed by atoms with E-state index in [4.69, 9.17) is 4.74 Å². The molecular formula is C21H19NO4. The number of aromatic amines is 1. The van der Waals surface area contributed by atoms with Crippen molar-refractivity contribution < 1.29 is 19.1 Å². The summed E-state index contributed by atoms with van der Waals surface area (Å²) in [4.78, 5) is 39.0. The van der Waals surface area contributed by atoms with Gasteiger partial charge in [0.1, 0.15) is 12.2 Å². The van der Waals surface area contributed by atoms with Gasteiger partial charge in [0.2, 0.25) is 0 Å². The largest absolute Gasteiger partial charge is 0.468 e. The van der Waals surface area contributed by atoms with Gasteiger partial charge in [0.25, 0.3) is 0 Å². The minimum atomic E-state index is -0.791. The molecule has 0 fully saturated rings. The maximum atomic E-state index is 12.7. The second kappa shape index (κ2) is 7.78. The van der Waals surface area contributed by atoms with Gasteiger partial charge < -0.3 is 14.5 Å². The summed E-state index contributed by atoms with van der Waals surface area (Å²) in [6, 6.07) is 16.7. The highest BCUT2D eigenvalue weighted by Gasteiger charge is 2.35. The number of carbonyl (C=O) groups is 3. The Morgan fingerprint density at radius 2 is 1.77 bits per heavy atom. The lowest BCUT2D eigenvalue weighted by atomic mass is 9.80. The van der Waals surface area contributed by atoms with Gasteiger partial charge in [-0.05, 0) is 11.6 Å². The number of esters is 1. The Labute approximate surface area is 151 Å². The normalized spacial score (nSPS) is 13.1. The van der Waals surface area contributed by atoms with Crippen LogP contribution in [0.5, 0.6) is 0 Å². The molecule has 2 unspecified atom stereocenters. The maximum absolute atomic E-state index is 12.7. The summed E-state index contributed by atoms with van der Waals surface area (Å²) in [6.45, 7) is 0. The number of carbonyl (C=O) groups excluding carboxylic acids is 3. The van der Waals surface area contributed by atoms with Gasteiger partial charge in [0.05, 0.1) is 7.11 Å². The van der Waals surface area contributed by atoms with Gasteiger partial charge in [-0.25, -0.2) is 0 Å². The second-order valence-electron chi connectivity index (χ2n) is 6.04. The Kier molecular flexibility index (Phi) is 5.27. The SMILES string of the molecule is COC(=O)C(c1[nH]c2ccccc2c1C=O)C(CC=O)c1ccccc1. The van der Waals surface area contributed by atoms with E-state index < -0.39 is 17.8 Å². The summed E-state index contributed by atoms with van der Waals surface area (Å²) in [7, 11) is 1.31. The molecule has 26 heavy (non-hydrogen) atoms. The van der Waals surface area contributed by atoms with Crippen molar-refractivity contribution >= 4 is 29.4 Å². The number of ether oxygens (including phenoxy) is 1. The molecule has 5 nitrogen and oxygen atoms in total. The number of benzene rings is 2. The van der Waals surface area contributed by atoms with Gasteiger partial charge in [-0.2, -0.15) is 0 Å². The molecule has 0 saturated carbocycles. The number of nitrogens with one attached hydrogen (secondary N) is 1. The molecule has 3 aromatic rings. The fourth-order valence-electron chi connectivity index (χ4n) is 3.44. The van der Waals surface area contributed by atoms with Crippen LogP contribution < -0.4 is 0 Å². The number of aldehydes is 2. The van der Waals surface area contributed by atoms with Crippen LogP contribution in [0, 0.1) is 0 Å². The van der Waals surface area contributed by atoms with Gasteiger partial charge in [0, 0.05) is 34.5 Å². The summed E-state index contributed by atoms with van der Waals surface area (Å²) in [5.74, 6) is -1.72. The van der Waals surface area contributed by atoms with Crippen molar-refractivity contribution in [3.63, 3.8) is 0 Å². The van der Waals surface area contributed by atoms with Gasteiger partial charge >= 0.3 is 5.97 Å². The topological polar surface area (TPSA) is 76.2 Å². The first-order chi connectivity index (χ1) is 12.7. The van der Waals surface area contributed by atoms with Crippen LogP contribution in [0.15, 0.2) is 54.6 Å². The monoisotopic (exact) mass is 349 g/mol. The highest BCUT2D eigenvalue weighted by atomic mass is 16.5. The zero-order chi connectivity index (χ0) is 18.5. The van der Waals surface area contributed by atoms with Crippen molar-refractivity contribution in [3.8, 4) is 0 Å². The van der Waals surface area contributed by atoms with Crippen molar-refractivity contribution in [2.75, 3.05) is 7.11 Å². The van der Waals surface area contributed by atoms with Crippen LogP contribution in [0.3, 0.4) is 0 Å². The summed E-state index contributed by atoms with van der Waals surface area (Å²) < 4.78 is 5.02. The quantitative estimate of drug-likeness (QED) is 0.522. The first-order valence-electron chi connectivity index (χ1n) is 8.33. The molecule has 2 aromatic carbocycles. The molecule has 1 aromatic heterocycles. The van der Waals surface area contributed by atoms with Crippen molar-refractivity contribution in [1.29, 1.82) is 0 Å². The number of para-hydroxylation sites is 1. The predicted octanol–water partition coefficient (Wildman–Crippen LogP) is 3.61. The van der Waals surface area contributed by atoms with Gasteiger partial charge in [-0.1, -0.05) is 48.5 Å². The number of hydrogen-bond acceptors (Lipinski definition) is 4. The third-order valence-electron chi connectivity index (χ3n) is 4.64. The number of aromatic nitrogens is 1. The van der Waals surface area contributed by atoms with Crippen LogP contribution in [0.25, 0.3) is 10.9 Å². The number of fused-ring (bicyclic) bond motifs is 1. The Balaban J connectivity index is 2.21. The van der Waals surface area contributed by atoms with E-state index in [1.54, 1.807) is 0 Å². The molecule has 132 valence electrons. The molecule has 0 aliphatic carbocycles. The molecule has 0 aliphatic rings. The van der Waals surface area contributed by atoms with E-state index in [-0.39, 0.29) is 6.42 Å². The number of methoxy groups -OCH3 is 1. The van der Waals surface area contributed by atoms with E-state index in [1.165, 1.54) is 7.11 Å². The lowest BCUT2D eigenvalue weighted by molar-refractivity contribution is -0.143. The van der Waals surface area contributed by atoms with Crippen molar-refractivity contribution in [2.24, 2.45) is 0 Å². The van der Waals surface area contributed by atoms with Crippen LogP contribution in [-0.2, 0) is 14.3 Å². The molecule has 0 amide bonds. The third-order valence-corrected chi connectivity index (χ3v) is 4.64. The lowest BCUT2D eigenvalue weighted by Gasteiger charge is -2.24. The van der Waals surface area contributed by atoms with E-state index in [2.05, 4.69) is 4.98 Å². The zero-order valence-electron chi connectivity index (χ0n) is 14.3. The average molecular weight is 349 g/mol. The average Bonchev–Trinajstić information content (AvgIpc) is 3.06. The highest BCUT2D eigenvalue weighted by molar-refractivity contribution is 6.01. The fraction of sp³-hybridized carbons (Fsp3) is 0.190. The second-order valence-corrected chi connectivity index (χ2v) is 6.04. The van der Waals surface area contributed by atoms with Crippen LogP contribution in [0.2, 0.25) is 0 Å². The van der Waals surface area contributed by atoms with Crippen LogP contribution in [-0.4, -0.2) is 30.6 Å². The Hall–Kier alpha value is -3.21. The fourth-order valence-corrected chi connectivity index (χ4v) is 3.44. The first kappa shape index (κ1) is 17.6. The molecule has 0 spiro atoms. The molecule has 0 bridgehead atoms. The summed E-state index contributed by atoms with van der Waals surface area (Å²) in [5, 5.41) is 0.740. The number of rotatable bonds is 7. The van der Waals surface area contributed by atoms with E-state index >= 15 is 0 Å². The van der Waals surface area contributed by atoms with Gasteiger partial charge in [-0.3, -0.25) is 9.59 Å². The molecule has 1 heterocycles. The first-order valence-corrected chi connectivity index (χ1v) is 8.33. The van der Waals surface area contributed by atoms with E-state index in [0.717, 1.165) is 29.0 Å². The summed E-state index contributed by atoms with van der Waals surface area (Å²) >= 11 is 0. The van der Waals surface area contributed by atoms with Crippen molar-refractivity contribution in [3.05, 3.63) is 71.4 Å². The third kappa shape index (κ3) is 3.16. The maximum Gasteiger partial charge on any atom is 0.315 e.